The Balaban J connectivity index is 1.85. The number of piperidine rings is 1. The summed E-state index contributed by atoms with van der Waals surface area (Å²) < 4.78 is 0. The minimum absolute atomic E-state index is 0.359. The number of aliphatic carboxylic acids is 1. The fraction of sp³-hybridized carbons (Fsp3) is 0.941. The molecule has 0 amide bonds. The first-order valence-electron chi connectivity index (χ1n) is 8.52. The molecular weight excluding hydrogens is 250 g/mol. The van der Waals surface area contributed by atoms with Crippen LogP contribution in [0.2, 0.25) is 0 Å². The SMILES string of the molecule is CC(C)C1CCCC(N2CCCC(CC(=O)O)C2)CC1. The second kappa shape index (κ2) is 7.44. The van der Waals surface area contributed by atoms with Crippen LogP contribution >= 0.6 is 0 Å². The van der Waals surface area contributed by atoms with Gasteiger partial charge in [-0.25, -0.2) is 0 Å². The van der Waals surface area contributed by atoms with Crippen molar-refractivity contribution < 1.29 is 9.90 Å². The van der Waals surface area contributed by atoms with Crippen LogP contribution in [0.3, 0.4) is 0 Å². The molecule has 1 saturated heterocycles. The predicted molar refractivity (Wildman–Crippen MR) is 81.8 cm³/mol. The van der Waals surface area contributed by atoms with E-state index in [1.807, 2.05) is 0 Å². The van der Waals surface area contributed by atoms with E-state index in [4.69, 9.17) is 5.11 Å². The van der Waals surface area contributed by atoms with Gasteiger partial charge in [0.1, 0.15) is 0 Å². The van der Waals surface area contributed by atoms with Crippen molar-refractivity contribution in [2.45, 2.75) is 71.3 Å². The number of hydrogen-bond acceptors (Lipinski definition) is 2. The van der Waals surface area contributed by atoms with E-state index in [1.165, 1.54) is 45.1 Å². The van der Waals surface area contributed by atoms with Crippen LogP contribution in [0, 0.1) is 17.8 Å². The zero-order chi connectivity index (χ0) is 14.5. The van der Waals surface area contributed by atoms with Crippen molar-refractivity contribution in [1.29, 1.82) is 0 Å². The first-order chi connectivity index (χ1) is 9.56. The van der Waals surface area contributed by atoms with E-state index >= 15 is 0 Å². The average Bonchev–Trinajstić information content (AvgIpc) is 2.64. The highest BCUT2D eigenvalue weighted by molar-refractivity contribution is 5.67. The van der Waals surface area contributed by atoms with E-state index in [1.54, 1.807) is 0 Å². The number of rotatable bonds is 4. The van der Waals surface area contributed by atoms with E-state index < -0.39 is 5.97 Å². The van der Waals surface area contributed by atoms with Crippen LogP contribution in [0.25, 0.3) is 0 Å². The molecule has 0 aromatic heterocycles. The molecule has 3 heteroatoms. The van der Waals surface area contributed by atoms with Gasteiger partial charge in [-0.3, -0.25) is 4.79 Å². The highest BCUT2D eigenvalue weighted by Crippen LogP contribution is 2.32. The lowest BCUT2D eigenvalue weighted by Crippen LogP contribution is -2.43. The molecule has 3 nitrogen and oxygen atoms in total. The van der Waals surface area contributed by atoms with Gasteiger partial charge in [0.25, 0.3) is 0 Å². The fourth-order valence-corrected chi connectivity index (χ4v) is 4.19. The summed E-state index contributed by atoms with van der Waals surface area (Å²) in [5.41, 5.74) is 0. The third-order valence-corrected chi connectivity index (χ3v) is 5.46. The van der Waals surface area contributed by atoms with E-state index in [9.17, 15) is 4.79 Å². The van der Waals surface area contributed by atoms with Crippen molar-refractivity contribution in [3.63, 3.8) is 0 Å². The van der Waals surface area contributed by atoms with Gasteiger partial charge in [0.15, 0.2) is 0 Å². The van der Waals surface area contributed by atoms with Gasteiger partial charge in [-0.15, -0.1) is 0 Å². The molecule has 0 aromatic carbocycles. The molecule has 1 heterocycles. The summed E-state index contributed by atoms with van der Waals surface area (Å²) >= 11 is 0. The van der Waals surface area contributed by atoms with Gasteiger partial charge in [-0.2, -0.15) is 0 Å². The molecule has 2 aliphatic rings. The molecule has 0 aromatic rings. The zero-order valence-corrected chi connectivity index (χ0v) is 13.2. The minimum Gasteiger partial charge on any atom is -0.481 e. The van der Waals surface area contributed by atoms with E-state index in [2.05, 4.69) is 18.7 Å². The van der Waals surface area contributed by atoms with Crippen molar-refractivity contribution in [1.82, 2.24) is 4.90 Å². The first-order valence-corrected chi connectivity index (χ1v) is 8.52. The maximum atomic E-state index is 10.9. The molecule has 3 atom stereocenters. The molecule has 0 bridgehead atoms. The Bertz CT molecular complexity index is 316. The molecule has 1 saturated carbocycles. The minimum atomic E-state index is -0.627. The lowest BCUT2D eigenvalue weighted by atomic mass is 9.88. The number of likely N-dealkylation sites (tertiary alicyclic amines) is 1. The third-order valence-electron chi connectivity index (χ3n) is 5.46. The van der Waals surface area contributed by atoms with Gasteiger partial charge in [0.05, 0.1) is 0 Å². The van der Waals surface area contributed by atoms with Crippen LogP contribution in [-0.2, 0) is 4.79 Å². The average molecular weight is 281 g/mol. The zero-order valence-electron chi connectivity index (χ0n) is 13.2. The van der Waals surface area contributed by atoms with Crippen LogP contribution in [0.15, 0.2) is 0 Å². The van der Waals surface area contributed by atoms with Crippen LogP contribution in [-0.4, -0.2) is 35.1 Å². The highest BCUT2D eigenvalue weighted by atomic mass is 16.4. The maximum absolute atomic E-state index is 10.9. The second-order valence-electron chi connectivity index (χ2n) is 7.27. The van der Waals surface area contributed by atoms with Crippen molar-refractivity contribution in [2.75, 3.05) is 13.1 Å². The summed E-state index contributed by atoms with van der Waals surface area (Å²) in [5, 5.41) is 8.98. The molecular formula is C17H31NO2. The molecule has 2 fully saturated rings. The summed E-state index contributed by atoms with van der Waals surface area (Å²) in [7, 11) is 0. The Morgan fingerprint density at radius 3 is 2.65 bits per heavy atom. The van der Waals surface area contributed by atoms with E-state index in [-0.39, 0.29) is 0 Å². The smallest absolute Gasteiger partial charge is 0.303 e. The van der Waals surface area contributed by atoms with E-state index in [0.717, 1.165) is 30.8 Å². The lowest BCUT2D eigenvalue weighted by molar-refractivity contribution is -0.138. The first kappa shape index (κ1) is 15.8. The van der Waals surface area contributed by atoms with Crippen LogP contribution in [0.4, 0.5) is 0 Å². The van der Waals surface area contributed by atoms with Gasteiger partial charge in [-0.05, 0) is 56.4 Å². The molecule has 116 valence electrons. The summed E-state index contributed by atoms with van der Waals surface area (Å²) in [4.78, 5) is 13.5. The van der Waals surface area contributed by atoms with Crippen LogP contribution in [0.1, 0.15) is 65.2 Å². The molecule has 1 aliphatic carbocycles. The summed E-state index contributed by atoms with van der Waals surface area (Å²) in [6.07, 6.45) is 9.40. The topological polar surface area (TPSA) is 40.5 Å². The lowest BCUT2D eigenvalue weighted by Gasteiger charge is -2.38. The molecule has 2 rings (SSSR count). The Labute approximate surface area is 123 Å². The molecule has 3 unspecified atom stereocenters. The van der Waals surface area contributed by atoms with Crippen LogP contribution < -0.4 is 0 Å². The van der Waals surface area contributed by atoms with Gasteiger partial charge >= 0.3 is 5.97 Å². The van der Waals surface area contributed by atoms with Gasteiger partial charge in [-0.1, -0.05) is 26.7 Å². The van der Waals surface area contributed by atoms with Crippen molar-refractivity contribution in [3.05, 3.63) is 0 Å². The largest absolute Gasteiger partial charge is 0.481 e. The van der Waals surface area contributed by atoms with Crippen molar-refractivity contribution in [3.8, 4) is 0 Å². The van der Waals surface area contributed by atoms with Crippen LogP contribution in [0.5, 0.6) is 0 Å². The normalized spacial score (nSPS) is 33.0. The molecule has 1 aliphatic heterocycles. The quantitative estimate of drug-likeness (QED) is 0.797. The highest BCUT2D eigenvalue weighted by Gasteiger charge is 2.29. The third kappa shape index (κ3) is 4.47. The number of hydrogen-bond donors (Lipinski definition) is 1. The van der Waals surface area contributed by atoms with Crippen molar-refractivity contribution in [2.24, 2.45) is 17.8 Å². The Morgan fingerprint density at radius 2 is 1.95 bits per heavy atom. The number of carboxylic acid groups (broad SMARTS) is 1. The number of carbonyl (C=O) groups is 1. The monoisotopic (exact) mass is 281 g/mol. The maximum Gasteiger partial charge on any atom is 0.303 e. The molecule has 20 heavy (non-hydrogen) atoms. The van der Waals surface area contributed by atoms with Crippen molar-refractivity contribution >= 4 is 5.97 Å². The van der Waals surface area contributed by atoms with E-state index in [0.29, 0.717) is 12.3 Å². The molecule has 0 radical (unpaired) electrons. The Hall–Kier alpha value is -0.570. The van der Waals surface area contributed by atoms with Gasteiger partial charge in [0.2, 0.25) is 0 Å². The molecule has 0 spiro atoms. The summed E-state index contributed by atoms with van der Waals surface area (Å²) in [6.45, 7) is 6.92. The number of nitrogens with zero attached hydrogens (tertiary/aromatic N) is 1. The predicted octanol–water partition coefficient (Wildman–Crippen LogP) is 3.78. The number of carboxylic acids is 1. The Morgan fingerprint density at radius 1 is 1.15 bits per heavy atom. The summed E-state index contributed by atoms with van der Waals surface area (Å²) in [5.74, 6) is 1.47. The summed E-state index contributed by atoms with van der Waals surface area (Å²) in [6, 6.07) is 0.718. The second-order valence-corrected chi connectivity index (χ2v) is 7.27. The van der Waals surface area contributed by atoms with Gasteiger partial charge in [0, 0.05) is 19.0 Å². The standard InChI is InChI=1S/C17H31NO2/c1-13(2)15-6-3-7-16(9-8-15)18-10-4-5-14(12-18)11-17(19)20/h13-16H,3-12H2,1-2H3,(H,19,20). The fourth-order valence-electron chi connectivity index (χ4n) is 4.19. The molecule has 1 N–H and O–H groups in total. The van der Waals surface area contributed by atoms with Gasteiger partial charge < -0.3 is 10.0 Å². The Kier molecular flexibility index (Phi) is 5.88.